The average molecular weight is 442 g/mol. The fourth-order valence-electron chi connectivity index (χ4n) is 4.51. The quantitative estimate of drug-likeness (QED) is 0.410. The van der Waals surface area contributed by atoms with Crippen LogP contribution in [0.3, 0.4) is 0 Å². The molecule has 32 heavy (non-hydrogen) atoms. The van der Waals surface area contributed by atoms with Crippen molar-refractivity contribution in [2.24, 2.45) is 0 Å². The number of cyclic esters (lactones) is 1. The monoisotopic (exact) mass is 441 g/mol. The van der Waals surface area contributed by atoms with Crippen molar-refractivity contribution in [3.05, 3.63) is 45.6 Å². The van der Waals surface area contributed by atoms with Crippen LogP contribution < -0.4 is 14.8 Å². The van der Waals surface area contributed by atoms with Crippen molar-refractivity contribution in [2.45, 2.75) is 71.8 Å². The SMILES string of the molecule is COc1c(C)c2c(c(OC)c1C/C=C(\C)CCC(=O)NCCC1=CCCCC1)C(=O)OC2. The standard InChI is InChI=1S/C26H35NO5/c1-17(11-13-22(28)27-15-14-19-8-6-5-7-9-19)10-12-20-24(30-3)18(2)21-16-32-26(29)23(21)25(20)31-4/h8,10H,5-7,9,11-16H2,1-4H3,(H,27,28)/b17-10+. The van der Waals surface area contributed by atoms with Gasteiger partial charge in [-0.3, -0.25) is 4.79 Å². The van der Waals surface area contributed by atoms with Crippen molar-refractivity contribution in [2.75, 3.05) is 20.8 Å². The molecule has 0 spiro atoms. The lowest BCUT2D eigenvalue weighted by Crippen LogP contribution is -2.24. The maximum atomic E-state index is 12.2. The van der Waals surface area contributed by atoms with Crippen LogP contribution >= 0.6 is 0 Å². The summed E-state index contributed by atoms with van der Waals surface area (Å²) in [6.45, 7) is 4.92. The highest BCUT2D eigenvalue weighted by molar-refractivity contribution is 5.98. The highest BCUT2D eigenvalue weighted by Gasteiger charge is 2.32. The van der Waals surface area contributed by atoms with Crippen LogP contribution in [0.4, 0.5) is 0 Å². The Morgan fingerprint density at radius 3 is 2.66 bits per heavy atom. The van der Waals surface area contributed by atoms with Crippen LogP contribution in [-0.2, 0) is 22.6 Å². The Morgan fingerprint density at radius 2 is 1.97 bits per heavy atom. The number of fused-ring (bicyclic) bond motifs is 1. The number of allylic oxidation sites excluding steroid dienone is 3. The summed E-state index contributed by atoms with van der Waals surface area (Å²) >= 11 is 0. The summed E-state index contributed by atoms with van der Waals surface area (Å²) in [6, 6.07) is 0. The lowest BCUT2D eigenvalue weighted by Gasteiger charge is -2.18. The molecule has 0 aromatic heterocycles. The molecule has 6 nitrogen and oxygen atoms in total. The maximum absolute atomic E-state index is 12.2. The second-order valence-corrected chi connectivity index (χ2v) is 8.56. The molecule has 0 saturated carbocycles. The van der Waals surface area contributed by atoms with Crippen molar-refractivity contribution >= 4 is 11.9 Å². The van der Waals surface area contributed by atoms with Crippen LogP contribution in [0.5, 0.6) is 11.5 Å². The van der Waals surface area contributed by atoms with E-state index in [-0.39, 0.29) is 18.5 Å². The summed E-state index contributed by atoms with van der Waals surface area (Å²) < 4.78 is 16.5. The van der Waals surface area contributed by atoms with Gasteiger partial charge in [-0.2, -0.15) is 0 Å². The van der Waals surface area contributed by atoms with Gasteiger partial charge in [0.15, 0.2) is 0 Å². The minimum atomic E-state index is -0.356. The molecule has 0 fully saturated rings. The number of nitrogens with one attached hydrogen (secondary N) is 1. The minimum Gasteiger partial charge on any atom is -0.496 e. The van der Waals surface area contributed by atoms with E-state index < -0.39 is 0 Å². The van der Waals surface area contributed by atoms with E-state index in [1.165, 1.54) is 31.3 Å². The third-order valence-electron chi connectivity index (χ3n) is 6.38. The van der Waals surface area contributed by atoms with E-state index in [1.807, 2.05) is 13.8 Å². The first-order valence-corrected chi connectivity index (χ1v) is 11.5. The Labute approximate surface area is 191 Å². The molecular formula is C26H35NO5. The van der Waals surface area contributed by atoms with Gasteiger partial charge in [0.2, 0.25) is 5.91 Å². The molecular weight excluding hydrogens is 406 g/mol. The van der Waals surface area contributed by atoms with Gasteiger partial charge in [-0.15, -0.1) is 0 Å². The van der Waals surface area contributed by atoms with Gasteiger partial charge in [0.25, 0.3) is 0 Å². The van der Waals surface area contributed by atoms with Gasteiger partial charge in [0.1, 0.15) is 23.7 Å². The molecule has 1 aromatic carbocycles. The summed E-state index contributed by atoms with van der Waals surface area (Å²) in [7, 11) is 3.18. The topological polar surface area (TPSA) is 73.9 Å². The van der Waals surface area contributed by atoms with Crippen molar-refractivity contribution in [1.82, 2.24) is 5.32 Å². The van der Waals surface area contributed by atoms with E-state index in [0.29, 0.717) is 37.1 Å². The van der Waals surface area contributed by atoms with Crippen LogP contribution in [0.1, 0.15) is 78.9 Å². The molecule has 1 aliphatic heterocycles. The molecule has 1 N–H and O–H groups in total. The Balaban J connectivity index is 1.59. The smallest absolute Gasteiger partial charge is 0.342 e. The number of methoxy groups -OCH3 is 2. The van der Waals surface area contributed by atoms with Crippen molar-refractivity contribution in [3.63, 3.8) is 0 Å². The minimum absolute atomic E-state index is 0.0837. The lowest BCUT2D eigenvalue weighted by atomic mass is 9.94. The number of benzene rings is 1. The van der Waals surface area contributed by atoms with E-state index >= 15 is 0 Å². The number of esters is 1. The van der Waals surface area contributed by atoms with Crippen LogP contribution in [-0.4, -0.2) is 32.6 Å². The van der Waals surface area contributed by atoms with E-state index in [0.717, 1.165) is 34.4 Å². The van der Waals surface area contributed by atoms with Crippen molar-refractivity contribution in [3.8, 4) is 11.5 Å². The number of carbonyl (C=O) groups is 2. The number of rotatable bonds is 10. The van der Waals surface area contributed by atoms with Crippen molar-refractivity contribution < 1.29 is 23.8 Å². The van der Waals surface area contributed by atoms with Gasteiger partial charge < -0.3 is 19.5 Å². The molecule has 1 amide bonds. The van der Waals surface area contributed by atoms with Crippen LogP contribution in [0.25, 0.3) is 0 Å². The van der Waals surface area contributed by atoms with Gasteiger partial charge in [-0.05, 0) is 64.4 Å². The average Bonchev–Trinajstić information content (AvgIpc) is 3.19. The Bertz CT molecular complexity index is 929. The second kappa shape index (κ2) is 11.2. The molecule has 2 aliphatic rings. The zero-order valence-electron chi connectivity index (χ0n) is 19.8. The summed E-state index contributed by atoms with van der Waals surface area (Å²) in [4.78, 5) is 24.5. The molecule has 0 bridgehead atoms. The first-order valence-electron chi connectivity index (χ1n) is 11.5. The van der Waals surface area contributed by atoms with Gasteiger partial charge in [0, 0.05) is 24.1 Å². The molecule has 174 valence electrons. The Morgan fingerprint density at radius 1 is 1.19 bits per heavy atom. The van der Waals surface area contributed by atoms with Crippen molar-refractivity contribution in [1.29, 1.82) is 0 Å². The highest BCUT2D eigenvalue weighted by Crippen LogP contribution is 2.42. The van der Waals surface area contributed by atoms with Crippen LogP contribution in [0.15, 0.2) is 23.3 Å². The van der Waals surface area contributed by atoms with E-state index in [1.54, 1.807) is 14.2 Å². The molecule has 1 aliphatic carbocycles. The zero-order chi connectivity index (χ0) is 23.1. The fraction of sp³-hybridized carbons (Fsp3) is 0.538. The highest BCUT2D eigenvalue weighted by atomic mass is 16.5. The summed E-state index contributed by atoms with van der Waals surface area (Å²) in [5, 5.41) is 3.04. The first-order chi connectivity index (χ1) is 15.5. The number of amides is 1. The zero-order valence-corrected chi connectivity index (χ0v) is 19.8. The summed E-state index contributed by atoms with van der Waals surface area (Å²) in [5.41, 5.74) is 5.65. The predicted octanol–water partition coefficient (Wildman–Crippen LogP) is 4.96. The second-order valence-electron chi connectivity index (χ2n) is 8.56. The first kappa shape index (κ1) is 23.9. The summed E-state index contributed by atoms with van der Waals surface area (Å²) in [5.74, 6) is 0.965. The van der Waals surface area contributed by atoms with E-state index in [4.69, 9.17) is 14.2 Å². The lowest BCUT2D eigenvalue weighted by molar-refractivity contribution is -0.121. The predicted molar refractivity (Wildman–Crippen MR) is 124 cm³/mol. The largest absolute Gasteiger partial charge is 0.496 e. The molecule has 0 atom stereocenters. The number of carbonyl (C=O) groups excluding carboxylic acids is 2. The maximum Gasteiger partial charge on any atom is 0.342 e. The van der Waals surface area contributed by atoms with E-state index in [2.05, 4.69) is 17.5 Å². The molecule has 6 heteroatoms. The number of ether oxygens (including phenoxy) is 3. The van der Waals surface area contributed by atoms with Crippen LogP contribution in [0, 0.1) is 6.92 Å². The fourth-order valence-corrected chi connectivity index (χ4v) is 4.51. The molecule has 3 rings (SSSR count). The van der Waals surface area contributed by atoms with Gasteiger partial charge in [-0.25, -0.2) is 4.79 Å². The normalized spacial score (nSPS) is 15.7. The number of hydrogen-bond donors (Lipinski definition) is 1. The third-order valence-corrected chi connectivity index (χ3v) is 6.38. The molecule has 0 unspecified atom stereocenters. The Hall–Kier alpha value is -2.76. The van der Waals surface area contributed by atoms with Gasteiger partial charge >= 0.3 is 5.97 Å². The summed E-state index contributed by atoms with van der Waals surface area (Å²) in [6.07, 6.45) is 12.0. The van der Waals surface area contributed by atoms with E-state index in [9.17, 15) is 9.59 Å². The Kier molecular flexibility index (Phi) is 8.37. The van der Waals surface area contributed by atoms with Gasteiger partial charge in [0.05, 0.1) is 14.2 Å². The molecule has 0 saturated heterocycles. The molecule has 1 aromatic rings. The third kappa shape index (κ3) is 5.53. The molecule has 1 heterocycles. The molecule has 0 radical (unpaired) electrons. The number of hydrogen-bond acceptors (Lipinski definition) is 5. The van der Waals surface area contributed by atoms with Crippen LogP contribution in [0.2, 0.25) is 0 Å². The van der Waals surface area contributed by atoms with Gasteiger partial charge in [-0.1, -0.05) is 23.3 Å².